The molecule has 0 amide bonds. The number of hydrogen-bond acceptors (Lipinski definition) is 6. The standard InChI is InChI=1S/C27H35F3N2O4S/c1-5-7-23(27(28,29)30)18(2)8-6-14-32-19(3)25(37-4)17-36-21-11-9-20(10-12-21)22(16-26(34)35)24(31)13-15-33/h5-12,14,18,22-23,31,33H,13,15-17H2,1-4H3,(H,34,35)/b7-5-,8-6+,25-19-,31-24?,32-14+. The van der Waals surface area contributed by atoms with Gasteiger partial charge >= 0.3 is 12.1 Å². The smallest absolute Gasteiger partial charge is 0.395 e. The summed E-state index contributed by atoms with van der Waals surface area (Å²) in [5.74, 6) is -3.40. The Morgan fingerprint density at radius 3 is 2.41 bits per heavy atom. The number of allylic oxidation sites excluding steroid dienone is 5. The molecule has 0 aromatic heterocycles. The Kier molecular flexibility index (Phi) is 14.0. The predicted molar refractivity (Wildman–Crippen MR) is 144 cm³/mol. The van der Waals surface area contributed by atoms with Crippen LogP contribution in [0.15, 0.2) is 64.2 Å². The number of halogens is 3. The molecule has 204 valence electrons. The number of aliphatic hydroxyl groups is 1. The highest BCUT2D eigenvalue weighted by atomic mass is 32.2. The molecule has 0 saturated heterocycles. The quantitative estimate of drug-likeness (QED) is 0.171. The molecule has 0 spiro atoms. The van der Waals surface area contributed by atoms with E-state index >= 15 is 0 Å². The van der Waals surface area contributed by atoms with Gasteiger partial charge in [-0.15, -0.1) is 11.8 Å². The zero-order chi connectivity index (χ0) is 28.0. The fourth-order valence-electron chi connectivity index (χ4n) is 3.53. The van der Waals surface area contributed by atoms with E-state index in [4.69, 9.17) is 20.4 Å². The van der Waals surface area contributed by atoms with Gasteiger partial charge in [-0.3, -0.25) is 9.79 Å². The fourth-order valence-corrected chi connectivity index (χ4v) is 4.05. The van der Waals surface area contributed by atoms with Gasteiger partial charge in [0.15, 0.2) is 0 Å². The van der Waals surface area contributed by atoms with E-state index < -0.39 is 29.9 Å². The molecule has 0 fully saturated rings. The van der Waals surface area contributed by atoms with Gasteiger partial charge in [0.05, 0.1) is 18.0 Å². The second kappa shape index (κ2) is 16.1. The van der Waals surface area contributed by atoms with Gasteiger partial charge in [-0.2, -0.15) is 13.2 Å². The minimum absolute atomic E-state index is 0.102. The first kappa shape index (κ1) is 32.2. The first-order valence-electron chi connectivity index (χ1n) is 11.7. The maximum Gasteiger partial charge on any atom is 0.395 e. The molecule has 0 aliphatic rings. The number of aliphatic imine (C=N–C) groups is 1. The molecule has 6 nitrogen and oxygen atoms in total. The number of carboxylic acid groups (broad SMARTS) is 1. The minimum atomic E-state index is -4.32. The van der Waals surface area contributed by atoms with Gasteiger partial charge in [0.2, 0.25) is 0 Å². The Balaban J connectivity index is 2.85. The maximum atomic E-state index is 13.2. The summed E-state index contributed by atoms with van der Waals surface area (Å²) in [4.78, 5) is 16.3. The Labute approximate surface area is 220 Å². The number of aliphatic hydroxyl groups excluding tert-OH is 1. The molecular weight excluding hydrogens is 505 g/mol. The summed E-state index contributed by atoms with van der Waals surface area (Å²) in [6.45, 7) is 4.86. The molecule has 3 atom stereocenters. The van der Waals surface area contributed by atoms with Crippen LogP contribution in [0, 0.1) is 17.2 Å². The number of carboxylic acids is 1. The van der Waals surface area contributed by atoms with E-state index in [2.05, 4.69) is 4.99 Å². The molecule has 1 aromatic rings. The molecule has 1 rings (SSSR count). The van der Waals surface area contributed by atoms with Gasteiger partial charge in [0.25, 0.3) is 0 Å². The Hall–Kier alpha value is -2.85. The van der Waals surface area contributed by atoms with E-state index in [0.717, 1.165) is 11.0 Å². The Bertz CT molecular complexity index is 1000. The number of rotatable bonds is 15. The summed E-state index contributed by atoms with van der Waals surface area (Å²) in [5.41, 5.74) is 1.47. The summed E-state index contributed by atoms with van der Waals surface area (Å²) >= 11 is 1.44. The lowest BCUT2D eigenvalue weighted by Crippen LogP contribution is -2.26. The van der Waals surface area contributed by atoms with Crippen LogP contribution < -0.4 is 4.74 Å². The van der Waals surface area contributed by atoms with Crippen molar-refractivity contribution in [3.63, 3.8) is 0 Å². The zero-order valence-corrected chi connectivity index (χ0v) is 22.3. The molecule has 3 N–H and O–H groups in total. The number of ether oxygens (including phenoxy) is 1. The minimum Gasteiger partial charge on any atom is -0.488 e. The van der Waals surface area contributed by atoms with Crippen LogP contribution in [-0.2, 0) is 4.79 Å². The summed E-state index contributed by atoms with van der Waals surface area (Å²) in [5, 5.41) is 26.3. The average Bonchev–Trinajstić information content (AvgIpc) is 2.83. The van der Waals surface area contributed by atoms with Crippen LogP contribution >= 0.6 is 11.8 Å². The molecule has 0 aliphatic carbocycles. The molecule has 0 bridgehead atoms. The number of nitrogens with one attached hydrogen (secondary N) is 1. The largest absolute Gasteiger partial charge is 0.488 e. The first-order chi connectivity index (χ1) is 17.4. The normalized spacial score (nSPS) is 15.7. The topological polar surface area (TPSA) is 103 Å². The molecule has 0 saturated carbocycles. The lowest BCUT2D eigenvalue weighted by molar-refractivity contribution is -0.168. The number of hydrogen-bond donors (Lipinski definition) is 3. The van der Waals surface area contributed by atoms with Crippen LogP contribution in [0.4, 0.5) is 13.2 Å². The summed E-state index contributed by atoms with van der Waals surface area (Å²) in [7, 11) is 0. The SMILES string of the molecule is C/C=C\C(C(C)/C=C/C=N/C(C)=C(/COc1ccc(C(CC(=O)O)C(=N)CCO)cc1)SC)C(F)(F)F. The van der Waals surface area contributed by atoms with E-state index in [1.165, 1.54) is 43.1 Å². The highest BCUT2D eigenvalue weighted by molar-refractivity contribution is 8.02. The van der Waals surface area contributed by atoms with Gasteiger partial charge in [-0.1, -0.05) is 37.3 Å². The van der Waals surface area contributed by atoms with Crippen molar-refractivity contribution in [2.75, 3.05) is 19.5 Å². The third-order valence-corrected chi connectivity index (χ3v) is 6.50. The number of alkyl halides is 3. The van der Waals surface area contributed by atoms with Crippen LogP contribution in [0.3, 0.4) is 0 Å². The van der Waals surface area contributed by atoms with Gasteiger partial charge in [0.1, 0.15) is 12.4 Å². The van der Waals surface area contributed by atoms with Gasteiger partial charge in [-0.05, 0) is 49.8 Å². The summed E-state index contributed by atoms with van der Waals surface area (Å²) in [6, 6.07) is 6.80. The van der Waals surface area contributed by atoms with Crippen LogP contribution in [0.2, 0.25) is 0 Å². The van der Waals surface area contributed by atoms with Crippen LogP contribution in [0.5, 0.6) is 5.75 Å². The molecule has 3 unspecified atom stereocenters. The lowest BCUT2D eigenvalue weighted by Gasteiger charge is -2.20. The van der Waals surface area contributed by atoms with Gasteiger partial charge in [0, 0.05) is 35.8 Å². The summed E-state index contributed by atoms with van der Waals surface area (Å²) < 4.78 is 45.3. The van der Waals surface area contributed by atoms with Crippen LogP contribution in [0.1, 0.15) is 45.1 Å². The molecule has 0 heterocycles. The van der Waals surface area contributed by atoms with Crippen LogP contribution in [0.25, 0.3) is 0 Å². The van der Waals surface area contributed by atoms with E-state index in [-0.39, 0.29) is 31.8 Å². The molecule has 10 heteroatoms. The number of carbonyl (C=O) groups is 1. The maximum absolute atomic E-state index is 13.2. The highest BCUT2D eigenvalue weighted by Gasteiger charge is 2.40. The lowest BCUT2D eigenvalue weighted by atomic mass is 9.89. The van der Waals surface area contributed by atoms with Crippen molar-refractivity contribution in [2.24, 2.45) is 16.8 Å². The third-order valence-electron chi connectivity index (χ3n) is 5.60. The van der Waals surface area contributed by atoms with Gasteiger partial charge < -0.3 is 20.4 Å². The van der Waals surface area contributed by atoms with E-state index in [0.29, 0.717) is 17.0 Å². The molecule has 1 aromatic carbocycles. The van der Waals surface area contributed by atoms with E-state index in [9.17, 15) is 18.0 Å². The summed E-state index contributed by atoms with van der Waals surface area (Å²) in [6.07, 6.45) is 4.41. The number of thioether (sulfide) groups is 1. The second-order valence-corrected chi connectivity index (χ2v) is 9.24. The van der Waals surface area contributed by atoms with Crippen molar-refractivity contribution < 1.29 is 32.9 Å². The van der Waals surface area contributed by atoms with Crippen molar-refractivity contribution in [3.8, 4) is 5.75 Å². The molecular formula is C27H35F3N2O4S. The first-order valence-corrected chi connectivity index (χ1v) is 12.9. The molecule has 0 radical (unpaired) electrons. The van der Waals surface area contributed by atoms with Crippen molar-refractivity contribution in [1.82, 2.24) is 0 Å². The monoisotopic (exact) mass is 540 g/mol. The van der Waals surface area contributed by atoms with Crippen molar-refractivity contribution in [1.29, 1.82) is 5.41 Å². The van der Waals surface area contributed by atoms with Crippen molar-refractivity contribution in [2.45, 2.75) is 45.7 Å². The number of aliphatic carboxylic acids is 1. The number of nitrogens with zero attached hydrogens (tertiary/aromatic N) is 1. The number of benzene rings is 1. The Morgan fingerprint density at radius 2 is 1.89 bits per heavy atom. The zero-order valence-electron chi connectivity index (χ0n) is 21.5. The highest BCUT2D eigenvalue weighted by Crippen LogP contribution is 2.34. The van der Waals surface area contributed by atoms with Crippen LogP contribution in [-0.4, -0.2) is 53.8 Å². The van der Waals surface area contributed by atoms with E-state index in [1.54, 1.807) is 38.1 Å². The van der Waals surface area contributed by atoms with Gasteiger partial charge in [-0.25, -0.2) is 0 Å². The third kappa shape index (κ3) is 11.4. The van der Waals surface area contributed by atoms with Crippen molar-refractivity contribution in [3.05, 3.63) is 64.7 Å². The predicted octanol–water partition coefficient (Wildman–Crippen LogP) is 6.64. The Morgan fingerprint density at radius 1 is 1.24 bits per heavy atom. The molecule has 37 heavy (non-hydrogen) atoms. The van der Waals surface area contributed by atoms with Crippen molar-refractivity contribution >= 4 is 29.7 Å². The molecule has 0 aliphatic heterocycles. The van der Waals surface area contributed by atoms with E-state index in [1.807, 2.05) is 6.26 Å². The second-order valence-electron chi connectivity index (χ2n) is 8.34. The fraction of sp³-hybridized carbons (Fsp3) is 0.444. The average molecular weight is 541 g/mol.